The zero-order valence-electron chi connectivity index (χ0n) is 11.4. The van der Waals surface area contributed by atoms with Crippen LogP contribution in [0.1, 0.15) is 32.6 Å². The lowest BCUT2D eigenvalue weighted by atomic mass is 9.95. The van der Waals surface area contributed by atoms with Gasteiger partial charge in [0.2, 0.25) is 5.95 Å². The SMILES string of the molecule is CCNc1ncc(Br)c(NC2CCCCC2SC)n1. The first kappa shape index (κ1) is 14.9. The predicted molar refractivity (Wildman–Crippen MR) is 87.1 cm³/mol. The normalized spacial score (nSPS) is 23.1. The van der Waals surface area contributed by atoms with Gasteiger partial charge in [-0.15, -0.1) is 0 Å². The van der Waals surface area contributed by atoms with Gasteiger partial charge in [-0.2, -0.15) is 16.7 Å². The molecule has 1 fully saturated rings. The Hall–Kier alpha value is -0.490. The third-order valence-corrected chi connectivity index (χ3v) is 5.16. The Kier molecular flexibility index (Phi) is 5.76. The van der Waals surface area contributed by atoms with E-state index >= 15 is 0 Å². The minimum absolute atomic E-state index is 0.504. The highest BCUT2D eigenvalue weighted by molar-refractivity contribution is 9.10. The first-order chi connectivity index (χ1) is 9.24. The minimum Gasteiger partial charge on any atom is -0.365 e. The number of aromatic nitrogens is 2. The number of nitrogens with zero attached hydrogens (tertiary/aromatic N) is 2. The van der Waals surface area contributed by atoms with Crippen molar-refractivity contribution in [2.45, 2.75) is 43.9 Å². The monoisotopic (exact) mass is 344 g/mol. The van der Waals surface area contributed by atoms with Crippen LogP contribution in [0.25, 0.3) is 0 Å². The maximum atomic E-state index is 4.54. The molecule has 1 saturated carbocycles. The third-order valence-electron chi connectivity index (χ3n) is 3.41. The number of rotatable bonds is 5. The van der Waals surface area contributed by atoms with Gasteiger partial charge in [-0.1, -0.05) is 12.8 Å². The van der Waals surface area contributed by atoms with Gasteiger partial charge in [-0.25, -0.2) is 4.98 Å². The summed E-state index contributed by atoms with van der Waals surface area (Å²) in [5, 5.41) is 7.42. The molecule has 0 bridgehead atoms. The summed E-state index contributed by atoms with van der Waals surface area (Å²) >= 11 is 5.48. The third kappa shape index (κ3) is 3.99. The molecule has 106 valence electrons. The molecule has 19 heavy (non-hydrogen) atoms. The van der Waals surface area contributed by atoms with Crippen molar-refractivity contribution in [3.05, 3.63) is 10.7 Å². The van der Waals surface area contributed by atoms with Gasteiger partial charge in [-0.05, 0) is 42.0 Å². The Balaban J connectivity index is 2.10. The average molecular weight is 345 g/mol. The molecule has 1 aliphatic rings. The van der Waals surface area contributed by atoms with Crippen molar-refractivity contribution in [3.63, 3.8) is 0 Å². The van der Waals surface area contributed by atoms with Crippen LogP contribution in [0.2, 0.25) is 0 Å². The highest BCUT2D eigenvalue weighted by Gasteiger charge is 2.25. The van der Waals surface area contributed by atoms with Crippen molar-refractivity contribution >= 4 is 39.5 Å². The minimum atomic E-state index is 0.504. The Morgan fingerprint density at radius 3 is 2.95 bits per heavy atom. The number of anilines is 2. The first-order valence-corrected chi connectivity index (χ1v) is 8.88. The molecule has 2 N–H and O–H groups in total. The molecule has 0 amide bonds. The summed E-state index contributed by atoms with van der Waals surface area (Å²) < 4.78 is 0.930. The molecule has 4 nitrogen and oxygen atoms in total. The molecule has 0 radical (unpaired) electrons. The van der Waals surface area contributed by atoms with Gasteiger partial charge in [0.1, 0.15) is 5.82 Å². The van der Waals surface area contributed by atoms with E-state index in [9.17, 15) is 0 Å². The molecule has 2 atom stereocenters. The second kappa shape index (κ2) is 7.33. The Labute approximate surface area is 127 Å². The summed E-state index contributed by atoms with van der Waals surface area (Å²) in [5.74, 6) is 1.58. The molecule has 1 aromatic heterocycles. The fourth-order valence-electron chi connectivity index (χ4n) is 2.43. The smallest absolute Gasteiger partial charge is 0.224 e. The van der Waals surface area contributed by atoms with Crippen LogP contribution in [-0.2, 0) is 0 Å². The summed E-state index contributed by atoms with van der Waals surface area (Å²) in [6.45, 7) is 2.88. The van der Waals surface area contributed by atoms with Crippen LogP contribution in [0.5, 0.6) is 0 Å². The zero-order chi connectivity index (χ0) is 13.7. The van der Waals surface area contributed by atoms with E-state index in [-0.39, 0.29) is 0 Å². The van der Waals surface area contributed by atoms with E-state index in [1.54, 1.807) is 0 Å². The summed E-state index contributed by atoms with van der Waals surface area (Å²) in [5.41, 5.74) is 0. The Morgan fingerprint density at radius 2 is 2.21 bits per heavy atom. The first-order valence-electron chi connectivity index (χ1n) is 6.80. The number of hydrogen-bond donors (Lipinski definition) is 2. The van der Waals surface area contributed by atoms with Gasteiger partial charge in [-0.3, -0.25) is 0 Å². The fraction of sp³-hybridized carbons (Fsp3) is 0.692. The van der Waals surface area contributed by atoms with E-state index in [2.05, 4.69) is 42.8 Å². The average Bonchev–Trinajstić information content (AvgIpc) is 2.43. The van der Waals surface area contributed by atoms with Crippen LogP contribution in [-0.4, -0.2) is 34.1 Å². The van der Waals surface area contributed by atoms with E-state index in [1.165, 1.54) is 25.7 Å². The summed E-state index contributed by atoms with van der Waals surface area (Å²) in [4.78, 5) is 8.78. The van der Waals surface area contributed by atoms with Gasteiger partial charge in [0.15, 0.2) is 0 Å². The Morgan fingerprint density at radius 1 is 1.42 bits per heavy atom. The van der Waals surface area contributed by atoms with Crippen LogP contribution in [0.3, 0.4) is 0 Å². The van der Waals surface area contributed by atoms with Crippen molar-refractivity contribution in [3.8, 4) is 0 Å². The zero-order valence-corrected chi connectivity index (χ0v) is 13.9. The lowest BCUT2D eigenvalue weighted by Gasteiger charge is -2.31. The van der Waals surface area contributed by atoms with E-state index in [1.807, 2.05) is 24.9 Å². The van der Waals surface area contributed by atoms with Gasteiger partial charge in [0.05, 0.1) is 4.47 Å². The summed E-state index contributed by atoms with van der Waals surface area (Å²) in [6, 6.07) is 0.504. The summed E-state index contributed by atoms with van der Waals surface area (Å²) in [7, 11) is 0. The number of thioether (sulfide) groups is 1. The van der Waals surface area contributed by atoms with E-state index in [4.69, 9.17) is 0 Å². The topological polar surface area (TPSA) is 49.8 Å². The van der Waals surface area contributed by atoms with Crippen LogP contribution in [0, 0.1) is 0 Å². The lowest BCUT2D eigenvalue weighted by molar-refractivity contribution is 0.474. The van der Waals surface area contributed by atoms with E-state index in [0.717, 1.165) is 16.8 Å². The molecule has 0 aliphatic heterocycles. The molecule has 2 rings (SSSR count). The molecular weight excluding hydrogens is 324 g/mol. The highest BCUT2D eigenvalue weighted by atomic mass is 79.9. The Bertz CT molecular complexity index is 416. The quantitative estimate of drug-likeness (QED) is 0.851. The van der Waals surface area contributed by atoms with Gasteiger partial charge < -0.3 is 10.6 Å². The predicted octanol–water partition coefficient (Wildman–Crippen LogP) is 3.76. The maximum absolute atomic E-state index is 4.54. The molecule has 0 saturated heterocycles. The molecule has 1 heterocycles. The molecule has 2 unspecified atom stereocenters. The molecule has 1 aliphatic carbocycles. The highest BCUT2D eigenvalue weighted by Crippen LogP contribution is 2.31. The maximum Gasteiger partial charge on any atom is 0.224 e. The number of halogens is 1. The second-order valence-corrected chi connectivity index (χ2v) is 6.66. The van der Waals surface area contributed by atoms with Gasteiger partial charge in [0.25, 0.3) is 0 Å². The number of nitrogens with one attached hydrogen (secondary N) is 2. The molecule has 0 aromatic carbocycles. The van der Waals surface area contributed by atoms with Crippen molar-refractivity contribution in [2.75, 3.05) is 23.4 Å². The van der Waals surface area contributed by atoms with Crippen molar-refractivity contribution in [1.82, 2.24) is 9.97 Å². The van der Waals surface area contributed by atoms with Gasteiger partial charge >= 0.3 is 0 Å². The van der Waals surface area contributed by atoms with Crippen molar-refractivity contribution in [1.29, 1.82) is 0 Å². The van der Waals surface area contributed by atoms with Crippen LogP contribution < -0.4 is 10.6 Å². The molecule has 1 aromatic rings. The molecule has 6 heteroatoms. The lowest BCUT2D eigenvalue weighted by Crippen LogP contribution is -2.34. The van der Waals surface area contributed by atoms with Gasteiger partial charge in [0, 0.05) is 24.0 Å². The van der Waals surface area contributed by atoms with Crippen LogP contribution in [0.4, 0.5) is 11.8 Å². The second-order valence-electron chi connectivity index (χ2n) is 4.73. The number of hydrogen-bond acceptors (Lipinski definition) is 5. The van der Waals surface area contributed by atoms with Crippen LogP contribution in [0.15, 0.2) is 10.7 Å². The largest absolute Gasteiger partial charge is 0.365 e. The van der Waals surface area contributed by atoms with Crippen molar-refractivity contribution < 1.29 is 0 Å². The van der Waals surface area contributed by atoms with E-state index < -0.39 is 0 Å². The summed E-state index contributed by atoms with van der Waals surface area (Å²) in [6.07, 6.45) is 9.17. The fourth-order valence-corrected chi connectivity index (χ4v) is 3.67. The molecule has 0 spiro atoms. The standard InChI is InChI=1S/C13H21BrN4S/c1-3-15-13-16-8-9(14)12(18-13)17-10-6-4-5-7-11(10)19-2/h8,10-11H,3-7H2,1-2H3,(H2,15,16,17,18). The van der Waals surface area contributed by atoms with Crippen molar-refractivity contribution in [2.24, 2.45) is 0 Å². The van der Waals surface area contributed by atoms with Crippen LogP contribution >= 0.6 is 27.7 Å². The molecular formula is C13H21BrN4S. The van der Waals surface area contributed by atoms with E-state index in [0.29, 0.717) is 17.2 Å².